The van der Waals surface area contributed by atoms with Crippen molar-refractivity contribution in [2.75, 3.05) is 24.8 Å². The van der Waals surface area contributed by atoms with Crippen LogP contribution in [0.25, 0.3) is 0 Å². The number of nitrogens with zero attached hydrogens (tertiary/aromatic N) is 1. The van der Waals surface area contributed by atoms with Crippen molar-refractivity contribution in [2.24, 2.45) is 5.73 Å². The van der Waals surface area contributed by atoms with Crippen LogP contribution in [0.15, 0.2) is 42.5 Å². The van der Waals surface area contributed by atoms with Crippen LogP contribution in [0, 0.1) is 5.41 Å². The fourth-order valence-corrected chi connectivity index (χ4v) is 2.80. The first-order chi connectivity index (χ1) is 12.6. The van der Waals surface area contributed by atoms with E-state index < -0.39 is 6.09 Å². The molecule has 0 aliphatic carbocycles. The molecule has 0 bridgehead atoms. The number of amides is 1. The average molecular weight is 355 g/mol. The molecule has 8 heteroatoms. The zero-order valence-electron chi connectivity index (χ0n) is 13.8. The molecule has 2 aromatic carbocycles. The Hall–Kier alpha value is -3.42. The molecule has 8 nitrogen and oxygen atoms in total. The summed E-state index contributed by atoms with van der Waals surface area (Å²) < 4.78 is 21.6. The number of amidine groups is 1. The Kier molecular flexibility index (Phi) is 4.00. The van der Waals surface area contributed by atoms with Gasteiger partial charge in [-0.05, 0) is 36.4 Å². The van der Waals surface area contributed by atoms with E-state index in [4.69, 9.17) is 30.1 Å². The van der Waals surface area contributed by atoms with Crippen molar-refractivity contribution in [3.8, 4) is 17.2 Å². The number of carbonyl (C=O) groups excluding carboxylic acids is 1. The van der Waals surface area contributed by atoms with E-state index in [0.29, 0.717) is 35.0 Å². The summed E-state index contributed by atoms with van der Waals surface area (Å²) in [4.78, 5) is 13.6. The number of cyclic esters (lactones) is 1. The van der Waals surface area contributed by atoms with Crippen LogP contribution in [0.5, 0.6) is 17.2 Å². The van der Waals surface area contributed by atoms with E-state index in [1.165, 1.54) is 4.90 Å². The first-order valence-corrected chi connectivity index (χ1v) is 8.05. The Morgan fingerprint density at radius 2 is 1.96 bits per heavy atom. The molecule has 2 aromatic rings. The number of benzene rings is 2. The van der Waals surface area contributed by atoms with E-state index in [1.807, 2.05) is 0 Å². The third kappa shape index (κ3) is 3.08. The number of fused-ring (bicyclic) bond motifs is 1. The van der Waals surface area contributed by atoms with Crippen LogP contribution in [0.3, 0.4) is 0 Å². The topological polar surface area (TPSA) is 107 Å². The number of hydrogen-bond donors (Lipinski definition) is 2. The summed E-state index contributed by atoms with van der Waals surface area (Å²) in [6.45, 7) is 0.812. The number of hydrogen-bond acceptors (Lipinski definition) is 6. The number of nitrogen functional groups attached to an aromatic ring is 1. The van der Waals surface area contributed by atoms with Gasteiger partial charge in [0, 0.05) is 17.3 Å². The minimum absolute atomic E-state index is 0.0180. The molecule has 134 valence electrons. The van der Waals surface area contributed by atoms with Gasteiger partial charge in [0.15, 0.2) is 17.6 Å². The van der Waals surface area contributed by atoms with Gasteiger partial charge in [0.05, 0.1) is 6.54 Å². The van der Waals surface area contributed by atoms with Gasteiger partial charge < -0.3 is 24.7 Å². The van der Waals surface area contributed by atoms with E-state index in [9.17, 15) is 4.79 Å². The monoisotopic (exact) mass is 355 g/mol. The summed E-state index contributed by atoms with van der Waals surface area (Å²) in [5.74, 6) is 1.92. The lowest BCUT2D eigenvalue weighted by Crippen LogP contribution is -2.26. The fourth-order valence-electron chi connectivity index (χ4n) is 2.80. The van der Waals surface area contributed by atoms with Crippen molar-refractivity contribution in [3.63, 3.8) is 0 Å². The van der Waals surface area contributed by atoms with Crippen molar-refractivity contribution < 1.29 is 23.7 Å². The summed E-state index contributed by atoms with van der Waals surface area (Å²) in [5.41, 5.74) is 6.73. The van der Waals surface area contributed by atoms with Crippen molar-refractivity contribution in [2.45, 2.75) is 6.10 Å². The smallest absolute Gasteiger partial charge is 0.414 e. The fraction of sp³-hybridized carbons (Fsp3) is 0.222. The van der Waals surface area contributed by atoms with Gasteiger partial charge in [-0.15, -0.1) is 0 Å². The van der Waals surface area contributed by atoms with Crippen LogP contribution in [0.4, 0.5) is 10.5 Å². The van der Waals surface area contributed by atoms with Gasteiger partial charge in [-0.1, -0.05) is 0 Å². The van der Waals surface area contributed by atoms with Crippen LogP contribution >= 0.6 is 0 Å². The van der Waals surface area contributed by atoms with Gasteiger partial charge in [-0.25, -0.2) is 4.79 Å². The molecular weight excluding hydrogens is 338 g/mol. The molecule has 0 aromatic heterocycles. The standard InChI is InChI=1S/C18H17N3O5/c19-17(20)11-1-3-12(4-2-11)21-8-14(26-18(21)22)9-23-13-5-6-15-16(7-13)25-10-24-15/h1-7,14H,8-10H2,(H3,19,20). The molecule has 1 saturated heterocycles. The summed E-state index contributed by atoms with van der Waals surface area (Å²) in [7, 11) is 0. The van der Waals surface area contributed by atoms with E-state index in [2.05, 4.69) is 0 Å². The van der Waals surface area contributed by atoms with Gasteiger partial charge >= 0.3 is 6.09 Å². The number of rotatable bonds is 5. The van der Waals surface area contributed by atoms with Crippen molar-refractivity contribution in [1.29, 1.82) is 5.41 Å². The normalized spacial score (nSPS) is 17.9. The van der Waals surface area contributed by atoms with Gasteiger partial charge in [0.25, 0.3) is 0 Å². The zero-order valence-corrected chi connectivity index (χ0v) is 13.8. The zero-order chi connectivity index (χ0) is 18.1. The Labute approximate surface area is 149 Å². The van der Waals surface area contributed by atoms with Crippen LogP contribution in [0.2, 0.25) is 0 Å². The summed E-state index contributed by atoms with van der Waals surface area (Å²) in [6.07, 6.45) is -0.819. The highest BCUT2D eigenvalue weighted by molar-refractivity contribution is 5.96. The quantitative estimate of drug-likeness (QED) is 0.628. The molecule has 1 atom stereocenters. The van der Waals surface area contributed by atoms with Crippen molar-refractivity contribution in [3.05, 3.63) is 48.0 Å². The average Bonchev–Trinajstić information content (AvgIpc) is 3.25. The van der Waals surface area contributed by atoms with E-state index in [0.717, 1.165) is 0 Å². The second kappa shape index (κ2) is 6.47. The molecule has 4 rings (SSSR count). The maximum Gasteiger partial charge on any atom is 0.414 e. The number of carbonyl (C=O) groups is 1. The van der Waals surface area contributed by atoms with E-state index in [1.54, 1.807) is 42.5 Å². The van der Waals surface area contributed by atoms with Crippen LogP contribution in [0.1, 0.15) is 5.56 Å². The van der Waals surface area contributed by atoms with Crippen LogP contribution in [-0.2, 0) is 4.74 Å². The molecule has 3 N–H and O–H groups in total. The third-order valence-electron chi connectivity index (χ3n) is 4.14. The molecule has 2 aliphatic heterocycles. The predicted molar refractivity (Wildman–Crippen MR) is 93.1 cm³/mol. The third-order valence-corrected chi connectivity index (χ3v) is 4.14. The molecule has 1 fully saturated rings. The van der Waals surface area contributed by atoms with Crippen LogP contribution in [-0.4, -0.2) is 38.0 Å². The lowest BCUT2D eigenvalue weighted by molar-refractivity contribution is 0.105. The number of anilines is 1. The Bertz CT molecular complexity index is 852. The van der Waals surface area contributed by atoms with Gasteiger partial charge in [0.1, 0.15) is 18.2 Å². The summed E-state index contributed by atoms with van der Waals surface area (Å²) >= 11 is 0. The van der Waals surface area contributed by atoms with Gasteiger partial charge in [0.2, 0.25) is 6.79 Å². The minimum Gasteiger partial charge on any atom is -0.490 e. The van der Waals surface area contributed by atoms with Gasteiger partial charge in [-0.3, -0.25) is 10.3 Å². The number of nitrogens with one attached hydrogen (secondary N) is 1. The number of nitrogens with two attached hydrogens (primary N) is 1. The molecule has 0 saturated carbocycles. The number of ether oxygens (including phenoxy) is 4. The predicted octanol–water partition coefficient (Wildman–Crippen LogP) is 2.10. The second-order valence-corrected chi connectivity index (χ2v) is 5.90. The first-order valence-electron chi connectivity index (χ1n) is 8.05. The largest absolute Gasteiger partial charge is 0.490 e. The van der Waals surface area contributed by atoms with Crippen molar-refractivity contribution >= 4 is 17.6 Å². The molecule has 1 unspecified atom stereocenters. The molecule has 0 radical (unpaired) electrons. The molecular formula is C18H17N3O5. The minimum atomic E-state index is -0.431. The molecule has 0 spiro atoms. The summed E-state index contributed by atoms with van der Waals surface area (Å²) in [5, 5.41) is 7.41. The first kappa shape index (κ1) is 16.1. The lowest BCUT2D eigenvalue weighted by atomic mass is 10.2. The van der Waals surface area contributed by atoms with E-state index >= 15 is 0 Å². The maximum atomic E-state index is 12.1. The maximum absolute atomic E-state index is 12.1. The summed E-state index contributed by atoms with van der Waals surface area (Å²) in [6, 6.07) is 12.2. The lowest BCUT2D eigenvalue weighted by Gasteiger charge is -2.13. The van der Waals surface area contributed by atoms with Gasteiger partial charge in [-0.2, -0.15) is 0 Å². The highest BCUT2D eigenvalue weighted by Gasteiger charge is 2.33. The Morgan fingerprint density at radius 3 is 2.73 bits per heavy atom. The Morgan fingerprint density at radius 1 is 1.19 bits per heavy atom. The van der Waals surface area contributed by atoms with E-state index in [-0.39, 0.29) is 25.3 Å². The SMILES string of the molecule is N=C(N)c1ccc(N2CC(COc3ccc4c(c3)OCO4)OC2=O)cc1. The van der Waals surface area contributed by atoms with Crippen molar-refractivity contribution in [1.82, 2.24) is 0 Å². The second-order valence-electron chi connectivity index (χ2n) is 5.90. The molecule has 1 amide bonds. The molecule has 2 heterocycles. The highest BCUT2D eigenvalue weighted by Crippen LogP contribution is 2.35. The molecule has 26 heavy (non-hydrogen) atoms. The molecule has 2 aliphatic rings. The Balaban J connectivity index is 1.37. The van der Waals surface area contributed by atoms with Crippen LogP contribution < -0.4 is 24.8 Å². The highest BCUT2D eigenvalue weighted by atomic mass is 16.7.